The van der Waals surface area contributed by atoms with Crippen molar-refractivity contribution in [3.05, 3.63) is 29.8 Å². The minimum absolute atomic E-state index is 0.0405. The van der Waals surface area contributed by atoms with Crippen molar-refractivity contribution in [3.63, 3.8) is 0 Å². The van der Waals surface area contributed by atoms with Crippen LogP contribution in [0.4, 0.5) is 5.69 Å². The first-order valence-electron chi connectivity index (χ1n) is 5.77. The second-order valence-corrected chi connectivity index (χ2v) is 8.63. The van der Waals surface area contributed by atoms with E-state index in [9.17, 15) is 0 Å². The van der Waals surface area contributed by atoms with E-state index in [0.717, 1.165) is 0 Å². The molecule has 1 aliphatic heterocycles. The molecule has 0 bridgehead atoms. The second-order valence-electron chi connectivity index (χ2n) is 4.81. The molecule has 1 aromatic carbocycles. The Kier molecular flexibility index (Phi) is 3.33. The molecule has 0 aliphatic carbocycles. The van der Waals surface area contributed by atoms with Crippen LogP contribution in [0.5, 0.6) is 0 Å². The molecule has 0 unspecified atom stereocenters. The molecule has 2 rings (SSSR count). The van der Waals surface area contributed by atoms with E-state index in [-0.39, 0.29) is 26.5 Å². The van der Waals surface area contributed by atoms with Gasteiger partial charge in [0, 0.05) is 0 Å². The second kappa shape index (κ2) is 4.43. The van der Waals surface area contributed by atoms with E-state index in [1.165, 1.54) is 21.3 Å². The maximum atomic E-state index is 3.57. The van der Waals surface area contributed by atoms with Gasteiger partial charge in [-0.25, -0.2) is 0 Å². The predicted octanol–water partition coefficient (Wildman–Crippen LogP) is 3.06. The summed E-state index contributed by atoms with van der Waals surface area (Å²) in [5.74, 6) is 0. The van der Waals surface area contributed by atoms with Gasteiger partial charge in [0.2, 0.25) is 0 Å². The van der Waals surface area contributed by atoms with E-state index < -0.39 is 0 Å². The van der Waals surface area contributed by atoms with Crippen molar-refractivity contribution in [2.75, 3.05) is 5.32 Å². The molecule has 1 N–H and O–H groups in total. The van der Waals surface area contributed by atoms with Gasteiger partial charge in [-0.2, -0.15) is 0 Å². The third kappa shape index (κ3) is 2.44. The first kappa shape index (κ1) is 12.0. The molecule has 0 fully saturated rings. The molecule has 0 amide bonds. The number of rotatable bonds is 2. The van der Waals surface area contributed by atoms with Crippen molar-refractivity contribution in [1.29, 1.82) is 0 Å². The predicted molar refractivity (Wildman–Crippen MR) is 73.7 cm³/mol. The fourth-order valence-corrected chi connectivity index (χ4v) is 4.21. The zero-order chi connectivity index (χ0) is 11.8. The van der Waals surface area contributed by atoms with Crippen molar-refractivity contribution in [1.82, 2.24) is 0 Å². The van der Waals surface area contributed by atoms with Crippen LogP contribution in [-0.2, 0) is 0 Å². The van der Waals surface area contributed by atoms with Gasteiger partial charge >= 0.3 is 109 Å². The van der Waals surface area contributed by atoms with Gasteiger partial charge in [0.1, 0.15) is 0 Å². The maximum absolute atomic E-state index is 3.57. The van der Waals surface area contributed by atoms with Crippen molar-refractivity contribution in [2.45, 2.75) is 37.7 Å². The molecular formula is C14H19NTe. The van der Waals surface area contributed by atoms with Crippen molar-refractivity contribution in [3.8, 4) is 0 Å². The summed E-state index contributed by atoms with van der Waals surface area (Å²) in [6, 6.07) is 6.94. The Morgan fingerprint density at radius 2 is 2.06 bits per heavy atom. The molecule has 0 spiro atoms. The van der Waals surface area contributed by atoms with Gasteiger partial charge in [-0.3, -0.25) is 0 Å². The van der Waals surface area contributed by atoms with E-state index in [1.807, 2.05) is 0 Å². The average molecular weight is 329 g/mol. The van der Waals surface area contributed by atoms with Gasteiger partial charge in [0.25, 0.3) is 0 Å². The van der Waals surface area contributed by atoms with Crippen LogP contribution in [0, 0.1) is 0 Å². The first-order chi connectivity index (χ1) is 7.52. The number of anilines is 1. The number of nitrogens with one attached hydrogen (secondary N) is 1. The van der Waals surface area contributed by atoms with Crippen molar-refractivity contribution >= 4 is 35.8 Å². The topological polar surface area (TPSA) is 12.0 Å². The Labute approximate surface area is 108 Å². The van der Waals surface area contributed by atoms with Gasteiger partial charge < -0.3 is 0 Å². The van der Waals surface area contributed by atoms with E-state index >= 15 is 0 Å². The van der Waals surface area contributed by atoms with E-state index in [4.69, 9.17) is 0 Å². The Hall–Kier alpha value is -0.450. The Bertz CT molecular complexity index is 432. The first-order valence-corrected chi connectivity index (χ1v) is 8.58. The molecule has 16 heavy (non-hydrogen) atoms. The minimum atomic E-state index is 0.0405. The molecule has 1 aromatic rings. The SMILES string of the molecule is CC[Te]c1ccc2c(c1)C(C)=CC(C)(C)N2. The summed E-state index contributed by atoms with van der Waals surface area (Å²) in [5, 5.41) is 3.57. The van der Waals surface area contributed by atoms with Crippen LogP contribution in [0.2, 0.25) is 4.47 Å². The monoisotopic (exact) mass is 331 g/mol. The standard InChI is InChI=1S/C14H19NTe/c1-5-16-11-6-7-13-12(8-11)10(2)9-14(3,4)15-13/h6-9,15H,5H2,1-4H3. The summed E-state index contributed by atoms with van der Waals surface area (Å²) in [5.41, 5.74) is 4.18. The third-order valence-electron chi connectivity index (χ3n) is 2.76. The zero-order valence-corrected chi connectivity index (χ0v) is 12.8. The normalized spacial score (nSPS) is 17.4. The van der Waals surface area contributed by atoms with Crippen LogP contribution < -0.4 is 8.93 Å². The van der Waals surface area contributed by atoms with Crippen molar-refractivity contribution < 1.29 is 0 Å². The Balaban J connectivity index is 2.42. The molecule has 2 heteroatoms. The van der Waals surface area contributed by atoms with Crippen LogP contribution in [0.25, 0.3) is 5.57 Å². The number of allylic oxidation sites excluding steroid dienone is 1. The van der Waals surface area contributed by atoms with E-state index in [0.29, 0.717) is 0 Å². The molecule has 1 aliphatic rings. The van der Waals surface area contributed by atoms with Crippen LogP contribution in [0.1, 0.15) is 33.3 Å². The molecule has 0 aromatic heterocycles. The molecular weight excluding hydrogens is 310 g/mol. The van der Waals surface area contributed by atoms with Crippen LogP contribution in [0.3, 0.4) is 0 Å². The number of benzene rings is 1. The summed E-state index contributed by atoms with van der Waals surface area (Å²) < 4.78 is 2.91. The summed E-state index contributed by atoms with van der Waals surface area (Å²) in [4.78, 5) is 0. The van der Waals surface area contributed by atoms with Gasteiger partial charge in [-0.1, -0.05) is 0 Å². The van der Waals surface area contributed by atoms with Crippen LogP contribution in [0.15, 0.2) is 24.3 Å². The fourth-order valence-electron chi connectivity index (χ4n) is 2.22. The molecule has 0 saturated carbocycles. The van der Waals surface area contributed by atoms with E-state index in [1.54, 1.807) is 3.61 Å². The summed E-state index contributed by atoms with van der Waals surface area (Å²) >= 11 is 0.0405. The molecule has 0 radical (unpaired) electrons. The quantitative estimate of drug-likeness (QED) is 0.823. The number of hydrogen-bond acceptors (Lipinski definition) is 1. The molecule has 1 heterocycles. The molecule has 1 nitrogen and oxygen atoms in total. The Morgan fingerprint density at radius 1 is 1.31 bits per heavy atom. The van der Waals surface area contributed by atoms with Gasteiger partial charge in [-0.05, 0) is 0 Å². The summed E-state index contributed by atoms with van der Waals surface area (Å²) in [6.07, 6.45) is 2.33. The zero-order valence-electron chi connectivity index (χ0n) is 10.4. The summed E-state index contributed by atoms with van der Waals surface area (Å²) in [6.45, 7) is 8.94. The van der Waals surface area contributed by atoms with Crippen LogP contribution >= 0.6 is 0 Å². The molecule has 0 atom stereocenters. The molecule has 0 saturated heterocycles. The van der Waals surface area contributed by atoms with Gasteiger partial charge in [0.15, 0.2) is 0 Å². The number of fused-ring (bicyclic) bond motifs is 1. The van der Waals surface area contributed by atoms with E-state index in [2.05, 4.69) is 57.3 Å². The third-order valence-corrected chi connectivity index (χ3v) is 5.26. The average Bonchev–Trinajstić information content (AvgIpc) is 2.18. The number of hydrogen-bond donors (Lipinski definition) is 1. The van der Waals surface area contributed by atoms with Gasteiger partial charge in [-0.15, -0.1) is 0 Å². The van der Waals surface area contributed by atoms with Gasteiger partial charge in [0.05, 0.1) is 0 Å². The fraction of sp³-hybridized carbons (Fsp3) is 0.429. The Morgan fingerprint density at radius 3 is 2.75 bits per heavy atom. The van der Waals surface area contributed by atoms with Crippen LogP contribution in [-0.4, -0.2) is 26.5 Å². The van der Waals surface area contributed by atoms with Crippen molar-refractivity contribution in [2.24, 2.45) is 0 Å². The molecule has 86 valence electrons. The summed E-state index contributed by atoms with van der Waals surface area (Å²) in [7, 11) is 0.